The molecule has 2 aromatic rings. The fourth-order valence-electron chi connectivity index (χ4n) is 2.08. The van der Waals surface area contributed by atoms with E-state index in [-0.39, 0.29) is 25.1 Å². The summed E-state index contributed by atoms with van der Waals surface area (Å²) in [6.45, 7) is 0.205. The van der Waals surface area contributed by atoms with Crippen LogP contribution in [0.5, 0.6) is 0 Å². The standard InChI is InChI=1S/C17H16F2N2O3/c1-24-16(22)7-9-21(11-13-4-2-3-8-20-13)17(23)12-5-6-14(18)15(19)10-12/h2-6,8,10H,7,9,11H2,1H3. The average Bonchev–Trinajstić information content (AvgIpc) is 2.60. The third-order valence-corrected chi connectivity index (χ3v) is 3.35. The zero-order chi connectivity index (χ0) is 17.5. The summed E-state index contributed by atoms with van der Waals surface area (Å²) in [7, 11) is 1.25. The van der Waals surface area contributed by atoms with Crippen LogP contribution < -0.4 is 0 Å². The number of carbonyl (C=O) groups is 2. The highest BCUT2D eigenvalue weighted by molar-refractivity contribution is 5.94. The molecule has 0 aliphatic rings. The van der Waals surface area contributed by atoms with Crippen molar-refractivity contribution >= 4 is 11.9 Å². The summed E-state index contributed by atoms with van der Waals surface area (Å²) in [6, 6.07) is 8.15. The predicted molar refractivity (Wildman–Crippen MR) is 82.0 cm³/mol. The summed E-state index contributed by atoms with van der Waals surface area (Å²) >= 11 is 0. The second-order valence-corrected chi connectivity index (χ2v) is 5.00. The van der Waals surface area contributed by atoms with Crippen molar-refractivity contribution in [3.05, 3.63) is 65.5 Å². The number of rotatable bonds is 6. The third kappa shape index (κ3) is 4.58. The van der Waals surface area contributed by atoms with Gasteiger partial charge in [-0.15, -0.1) is 0 Å². The average molecular weight is 334 g/mol. The van der Waals surface area contributed by atoms with Crippen molar-refractivity contribution in [2.75, 3.05) is 13.7 Å². The van der Waals surface area contributed by atoms with Crippen LogP contribution in [0.25, 0.3) is 0 Å². The van der Waals surface area contributed by atoms with Gasteiger partial charge in [0.25, 0.3) is 5.91 Å². The molecule has 0 fully saturated rings. The normalized spacial score (nSPS) is 10.3. The van der Waals surface area contributed by atoms with Crippen LogP contribution in [0, 0.1) is 11.6 Å². The molecule has 1 aromatic carbocycles. The summed E-state index contributed by atoms with van der Waals surface area (Å²) in [4.78, 5) is 29.4. The Morgan fingerprint density at radius 2 is 1.96 bits per heavy atom. The van der Waals surface area contributed by atoms with Crippen LogP contribution in [0.4, 0.5) is 8.78 Å². The van der Waals surface area contributed by atoms with Crippen molar-refractivity contribution in [1.82, 2.24) is 9.88 Å². The summed E-state index contributed by atoms with van der Waals surface area (Å²) in [6.07, 6.45) is 1.56. The lowest BCUT2D eigenvalue weighted by molar-refractivity contribution is -0.140. The molecule has 0 unspecified atom stereocenters. The number of benzene rings is 1. The Labute approximate surface area is 137 Å². The molecule has 0 radical (unpaired) electrons. The molecule has 1 amide bonds. The maximum absolute atomic E-state index is 13.4. The smallest absolute Gasteiger partial charge is 0.307 e. The highest BCUT2D eigenvalue weighted by Gasteiger charge is 2.19. The van der Waals surface area contributed by atoms with Crippen molar-refractivity contribution in [2.45, 2.75) is 13.0 Å². The number of carbonyl (C=O) groups excluding carboxylic acids is 2. The Morgan fingerprint density at radius 1 is 1.17 bits per heavy atom. The summed E-state index contributed by atoms with van der Waals surface area (Å²) in [5.74, 6) is -3.13. The van der Waals surface area contributed by atoms with Gasteiger partial charge in [0, 0.05) is 18.3 Å². The van der Waals surface area contributed by atoms with E-state index in [0.29, 0.717) is 5.69 Å². The molecule has 5 nitrogen and oxygen atoms in total. The number of ether oxygens (including phenoxy) is 1. The van der Waals surface area contributed by atoms with E-state index < -0.39 is 23.5 Å². The minimum absolute atomic E-state index is 0.00491. The molecule has 0 atom stereocenters. The maximum atomic E-state index is 13.4. The number of hydrogen-bond donors (Lipinski definition) is 0. The van der Waals surface area contributed by atoms with E-state index in [1.165, 1.54) is 18.1 Å². The molecule has 0 bridgehead atoms. The van der Waals surface area contributed by atoms with Gasteiger partial charge in [0.1, 0.15) is 0 Å². The summed E-state index contributed by atoms with van der Waals surface area (Å²) < 4.78 is 31.0. The molecule has 7 heteroatoms. The Hall–Kier alpha value is -2.83. The van der Waals surface area contributed by atoms with E-state index in [1.54, 1.807) is 24.4 Å². The van der Waals surface area contributed by atoms with Gasteiger partial charge in [-0.1, -0.05) is 6.07 Å². The lowest BCUT2D eigenvalue weighted by atomic mass is 10.1. The summed E-state index contributed by atoms with van der Waals surface area (Å²) in [5, 5.41) is 0. The van der Waals surface area contributed by atoms with Crippen LogP contribution in [-0.2, 0) is 16.1 Å². The van der Waals surface area contributed by atoms with Crippen LogP contribution in [0.15, 0.2) is 42.6 Å². The van der Waals surface area contributed by atoms with Gasteiger partial charge < -0.3 is 9.64 Å². The van der Waals surface area contributed by atoms with Crippen molar-refractivity contribution < 1.29 is 23.1 Å². The molecule has 1 aromatic heterocycles. The molecule has 1 heterocycles. The molecular formula is C17H16F2N2O3. The van der Waals surface area contributed by atoms with Crippen LogP contribution in [0.1, 0.15) is 22.5 Å². The van der Waals surface area contributed by atoms with Crippen LogP contribution in [0.3, 0.4) is 0 Å². The molecule has 24 heavy (non-hydrogen) atoms. The molecule has 2 rings (SSSR count). The molecule has 0 spiro atoms. The van der Waals surface area contributed by atoms with E-state index in [9.17, 15) is 18.4 Å². The third-order valence-electron chi connectivity index (χ3n) is 3.35. The minimum Gasteiger partial charge on any atom is -0.469 e. The van der Waals surface area contributed by atoms with Gasteiger partial charge in [-0.05, 0) is 30.3 Å². The van der Waals surface area contributed by atoms with Crippen LogP contribution >= 0.6 is 0 Å². The molecule has 0 N–H and O–H groups in total. The van der Waals surface area contributed by atoms with Gasteiger partial charge in [-0.2, -0.15) is 0 Å². The molecule has 0 saturated heterocycles. The fourth-order valence-corrected chi connectivity index (χ4v) is 2.08. The fraction of sp³-hybridized carbons (Fsp3) is 0.235. The predicted octanol–water partition coefficient (Wildman–Crippen LogP) is 2.57. The second kappa shape index (κ2) is 8.14. The largest absolute Gasteiger partial charge is 0.469 e. The van der Waals surface area contributed by atoms with Crippen LogP contribution in [-0.4, -0.2) is 35.4 Å². The number of pyridine rings is 1. The Bertz CT molecular complexity index is 723. The quantitative estimate of drug-likeness (QED) is 0.762. The number of methoxy groups -OCH3 is 1. The Kier molecular flexibility index (Phi) is 5.95. The van der Waals surface area contributed by atoms with Gasteiger partial charge in [0.15, 0.2) is 11.6 Å². The van der Waals surface area contributed by atoms with Crippen LogP contribution in [0.2, 0.25) is 0 Å². The number of aromatic nitrogens is 1. The number of nitrogens with zero attached hydrogens (tertiary/aromatic N) is 2. The number of halogens is 2. The zero-order valence-corrected chi connectivity index (χ0v) is 13.0. The lowest BCUT2D eigenvalue weighted by Gasteiger charge is -2.22. The highest BCUT2D eigenvalue weighted by atomic mass is 19.2. The first-order valence-corrected chi connectivity index (χ1v) is 7.22. The molecule has 0 aliphatic carbocycles. The van der Waals surface area contributed by atoms with Gasteiger partial charge in [0.05, 0.1) is 25.8 Å². The molecule has 126 valence electrons. The Morgan fingerprint density at radius 3 is 2.58 bits per heavy atom. The van der Waals surface area contributed by atoms with Crippen molar-refractivity contribution in [3.8, 4) is 0 Å². The topological polar surface area (TPSA) is 59.5 Å². The monoisotopic (exact) mass is 334 g/mol. The van der Waals surface area contributed by atoms with Gasteiger partial charge >= 0.3 is 5.97 Å². The number of hydrogen-bond acceptors (Lipinski definition) is 4. The summed E-state index contributed by atoms with van der Waals surface area (Å²) in [5.41, 5.74) is 0.605. The minimum atomic E-state index is -1.10. The molecule has 0 aliphatic heterocycles. The van der Waals surface area contributed by atoms with E-state index >= 15 is 0 Å². The highest BCUT2D eigenvalue weighted by Crippen LogP contribution is 2.13. The first-order chi connectivity index (χ1) is 11.5. The zero-order valence-electron chi connectivity index (χ0n) is 13.0. The SMILES string of the molecule is COC(=O)CCN(Cc1ccccn1)C(=O)c1ccc(F)c(F)c1. The van der Waals surface area contributed by atoms with E-state index in [4.69, 9.17) is 0 Å². The number of amides is 1. The van der Waals surface area contributed by atoms with Gasteiger partial charge in [-0.3, -0.25) is 14.6 Å². The van der Waals surface area contributed by atoms with Gasteiger partial charge in [0.2, 0.25) is 0 Å². The first-order valence-electron chi connectivity index (χ1n) is 7.22. The van der Waals surface area contributed by atoms with Crippen molar-refractivity contribution in [1.29, 1.82) is 0 Å². The van der Waals surface area contributed by atoms with Crippen molar-refractivity contribution in [3.63, 3.8) is 0 Å². The maximum Gasteiger partial charge on any atom is 0.307 e. The Balaban J connectivity index is 2.20. The van der Waals surface area contributed by atoms with E-state index in [2.05, 4.69) is 9.72 Å². The second-order valence-electron chi connectivity index (χ2n) is 5.00. The van der Waals surface area contributed by atoms with Gasteiger partial charge in [-0.25, -0.2) is 8.78 Å². The molecular weight excluding hydrogens is 318 g/mol. The lowest BCUT2D eigenvalue weighted by Crippen LogP contribution is -2.33. The van der Waals surface area contributed by atoms with Crippen molar-refractivity contribution in [2.24, 2.45) is 0 Å². The number of esters is 1. The molecule has 0 saturated carbocycles. The van der Waals surface area contributed by atoms with E-state index in [0.717, 1.165) is 12.1 Å². The first kappa shape index (κ1) is 17.5. The van der Waals surface area contributed by atoms with E-state index in [1.807, 2.05) is 0 Å².